The van der Waals surface area contributed by atoms with Crippen molar-refractivity contribution in [2.75, 3.05) is 32.7 Å². The molecule has 0 radical (unpaired) electrons. The number of nitrogens with zero attached hydrogens (tertiary/aromatic N) is 2. The van der Waals surface area contributed by atoms with Crippen LogP contribution in [0.1, 0.15) is 25.0 Å². The van der Waals surface area contributed by atoms with E-state index in [1.54, 1.807) is 6.26 Å². The second kappa shape index (κ2) is 5.23. The lowest BCUT2D eigenvalue weighted by atomic mass is 9.99. The van der Waals surface area contributed by atoms with Gasteiger partial charge in [-0.3, -0.25) is 4.90 Å². The number of fused-ring (bicyclic) bond motifs is 1. The van der Waals surface area contributed by atoms with Gasteiger partial charge in [0.1, 0.15) is 5.76 Å². The highest BCUT2D eigenvalue weighted by Crippen LogP contribution is 2.21. The normalized spacial score (nSPS) is 26.9. The van der Waals surface area contributed by atoms with E-state index in [1.165, 1.54) is 45.4 Å². The Labute approximate surface area is 103 Å². The molecule has 0 saturated carbocycles. The molecule has 2 aliphatic rings. The summed E-state index contributed by atoms with van der Waals surface area (Å²) >= 11 is 0. The van der Waals surface area contributed by atoms with E-state index < -0.39 is 0 Å². The van der Waals surface area contributed by atoms with Crippen molar-refractivity contribution < 1.29 is 4.42 Å². The molecule has 3 heteroatoms. The Morgan fingerprint density at radius 3 is 3.12 bits per heavy atom. The van der Waals surface area contributed by atoms with Crippen molar-refractivity contribution in [1.29, 1.82) is 0 Å². The predicted octanol–water partition coefficient (Wildman–Crippen LogP) is 1.99. The van der Waals surface area contributed by atoms with Gasteiger partial charge < -0.3 is 9.32 Å². The Morgan fingerprint density at radius 1 is 1.24 bits per heavy atom. The average Bonchev–Trinajstić information content (AvgIpc) is 2.89. The number of furan rings is 1. The highest BCUT2D eigenvalue weighted by molar-refractivity contribution is 4.99. The standard InChI is InChI=1S/C14H22N2O/c1-2-7-16-10-9-15(12-13(16)4-1)8-6-14-5-3-11-17-14/h3,5,11,13H,1-2,4,6-10,12H2. The van der Waals surface area contributed by atoms with E-state index in [0.717, 1.165) is 24.8 Å². The third-order valence-corrected chi connectivity index (χ3v) is 4.18. The minimum Gasteiger partial charge on any atom is -0.469 e. The molecule has 2 saturated heterocycles. The fourth-order valence-corrected chi connectivity index (χ4v) is 3.15. The van der Waals surface area contributed by atoms with Crippen molar-refractivity contribution in [3.63, 3.8) is 0 Å². The number of rotatable bonds is 3. The molecule has 0 bridgehead atoms. The number of hydrogen-bond acceptors (Lipinski definition) is 3. The molecule has 3 heterocycles. The number of hydrogen-bond donors (Lipinski definition) is 0. The zero-order chi connectivity index (χ0) is 11.5. The van der Waals surface area contributed by atoms with Crippen LogP contribution in [0.4, 0.5) is 0 Å². The van der Waals surface area contributed by atoms with Gasteiger partial charge in [-0.05, 0) is 31.5 Å². The van der Waals surface area contributed by atoms with Gasteiger partial charge in [-0.1, -0.05) is 6.42 Å². The Balaban J connectivity index is 1.48. The number of piperidine rings is 1. The van der Waals surface area contributed by atoms with Gasteiger partial charge in [0.25, 0.3) is 0 Å². The third kappa shape index (κ3) is 2.72. The SMILES string of the molecule is c1coc(CCN2CCN3CCCCC3C2)c1. The molecule has 17 heavy (non-hydrogen) atoms. The molecule has 0 aliphatic carbocycles. The summed E-state index contributed by atoms with van der Waals surface area (Å²) in [5.41, 5.74) is 0. The van der Waals surface area contributed by atoms with Crippen LogP contribution >= 0.6 is 0 Å². The molecule has 0 N–H and O–H groups in total. The summed E-state index contributed by atoms with van der Waals surface area (Å²) in [7, 11) is 0. The van der Waals surface area contributed by atoms with Crippen LogP contribution < -0.4 is 0 Å². The molecular weight excluding hydrogens is 212 g/mol. The first-order valence-electron chi connectivity index (χ1n) is 6.90. The maximum Gasteiger partial charge on any atom is 0.105 e. The smallest absolute Gasteiger partial charge is 0.105 e. The van der Waals surface area contributed by atoms with E-state index in [1.807, 2.05) is 6.07 Å². The highest BCUT2D eigenvalue weighted by atomic mass is 16.3. The first kappa shape index (κ1) is 11.3. The van der Waals surface area contributed by atoms with Gasteiger partial charge in [0, 0.05) is 38.6 Å². The molecule has 1 aromatic heterocycles. The van der Waals surface area contributed by atoms with Crippen molar-refractivity contribution >= 4 is 0 Å². The van der Waals surface area contributed by atoms with Gasteiger partial charge in [0.05, 0.1) is 6.26 Å². The van der Waals surface area contributed by atoms with Gasteiger partial charge in [0.2, 0.25) is 0 Å². The largest absolute Gasteiger partial charge is 0.469 e. The molecule has 2 fully saturated rings. The summed E-state index contributed by atoms with van der Waals surface area (Å²) in [6.07, 6.45) is 7.06. The van der Waals surface area contributed by atoms with Gasteiger partial charge in [0.15, 0.2) is 0 Å². The van der Waals surface area contributed by atoms with Gasteiger partial charge >= 0.3 is 0 Å². The minimum atomic E-state index is 0.828. The Morgan fingerprint density at radius 2 is 2.24 bits per heavy atom. The molecule has 94 valence electrons. The Kier molecular flexibility index (Phi) is 3.48. The second-order valence-corrected chi connectivity index (χ2v) is 5.32. The van der Waals surface area contributed by atoms with E-state index in [9.17, 15) is 0 Å². The van der Waals surface area contributed by atoms with Gasteiger partial charge in [-0.15, -0.1) is 0 Å². The highest BCUT2D eigenvalue weighted by Gasteiger charge is 2.28. The van der Waals surface area contributed by atoms with Crippen molar-refractivity contribution in [3.8, 4) is 0 Å². The lowest BCUT2D eigenvalue weighted by molar-refractivity contribution is 0.0494. The van der Waals surface area contributed by atoms with E-state index in [-0.39, 0.29) is 0 Å². The summed E-state index contributed by atoms with van der Waals surface area (Å²) in [6, 6.07) is 4.89. The summed E-state index contributed by atoms with van der Waals surface area (Å²) in [4.78, 5) is 5.29. The lowest BCUT2D eigenvalue weighted by Crippen LogP contribution is -2.55. The summed E-state index contributed by atoms with van der Waals surface area (Å²) in [6.45, 7) is 6.25. The monoisotopic (exact) mass is 234 g/mol. The van der Waals surface area contributed by atoms with Crippen LogP contribution in [-0.2, 0) is 6.42 Å². The van der Waals surface area contributed by atoms with E-state index in [0.29, 0.717) is 0 Å². The zero-order valence-electron chi connectivity index (χ0n) is 10.5. The molecule has 1 aromatic rings. The summed E-state index contributed by atoms with van der Waals surface area (Å²) < 4.78 is 5.39. The molecular formula is C14H22N2O. The average molecular weight is 234 g/mol. The number of piperazine rings is 1. The van der Waals surface area contributed by atoms with Gasteiger partial charge in [-0.25, -0.2) is 0 Å². The summed E-state index contributed by atoms with van der Waals surface area (Å²) in [5.74, 6) is 1.12. The molecule has 0 aromatic carbocycles. The predicted molar refractivity (Wildman–Crippen MR) is 68.1 cm³/mol. The van der Waals surface area contributed by atoms with Crippen LogP contribution in [0.5, 0.6) is 0 Å². The quantitative estimate of drug-likeness (QED) is 0.797. The molecule has 3 nitrogen and oxygen atoms in total. The van der Waals surface area contributed by atoms with Crippen molar-refractivity contribution in [2.45, 2.75) is 31.7 Å². The first-order valence-corrected chi connectivity index (χ1v) is 6.90. The molecule has 1 atom stereocenters. The van der Waals surface area contributed by atoms with E-state index >= 15 is 0 Å². The van der Waals surface area contributed by atoms with Crippen molar-refractivity contribution in [2.24, 2.45) is 0 Å². The third-order valence-electron chi connectivity index (χ3n) is 4.18. The summed E-state index contributed by atoms with van der Waals surface area (Å²) in [5, 5.41) is 0. The molecule has 0 spiro atoms. The maximum absolute atomic E-state index is 5.39. The molecule has 3 rings (SSSR count). The maximum atomic E-state index is 5.39. The van der Waals surface area contributed by atoms with Gasteiger partial charge in [-0.2, -0.15) is 0 Å². The Bertz CT molecular complexity index is 336. The minimum absolute atomic E-state index is 0.828. The van der Waals surface area contributed by atoms with Crippen molar-refractivity contribution in [3.05, 3.63) is 24.2 Å². The first-order chi connectivity index (χ1) is 8.42. The van der Waals surface area contributed by atoms with E-state index in [4.69, 9.17) is 4.42 Å². The molecule has 0 amide bonds. The van der Waals surface area contributed by atoms with Crippen LogP contribution in [0, 0.1) is 0 Å². The fraction of sp³-hybridized carbons (Fsp3) is 0.714. The zero-order valence-corrected chi connectivity index (χ0v) is 10.5. The van der Waals surface area contributed by atoms with Crippen LogP contribution in [-0.4, -0.2) is 48.6 Å². The second-order valence-electron chi connectivity index (χ2n) is 5.32. The van der Waals surface area contributed by atoms with Crippen LogP contribution in [0.25, 0.3) is 0 Å². The van der Waals surface area contributed by atoms with Crippen LogP contribution in [0.15, 0.2) is 22.8 Å². The Hall–Kier alpha value is -0.800. The fourth-order valence-electron chi connectivity index (χ4n) is 3.15. The van der Waals surface area contributed by atoms with Crippen molar-refractivity contribution in [1.82, 2.24) is 9.80 Å². The van der Waals surface area contributed by atoms with E-state index in [2.05, 4.69) is 15.9 Å². The van der Waals surface area contributed by atoms with Crippen LogP contribution in [0.2, 0.25) is 0 Å². The molecule has 1 unspecified atom stereocenters. The lowest BCUT2D eigenvalue weighted by Gasteiger charge is -2.44. The molecule has 2 aliphatic heterocycles. The van der Waals surface area contributed by atoms with Crippen LogP contribution in [0.3, 0.4) is 0 Å². The topological polar surface area (TPSA) is 19.6 Å².